The van der Waals surface area contributed by atoms with Gasteiger partial charge in [-0.3, -0.25) is 4.79 Å². The van der Waals surface area contributed by atoms with Gasteiger partial charge in [0.1, 0.15) is 6.54 Å². The highest BCUT2D eigenvalue weighted by Gasteiger charge is 2.49. The van der Waals surface area contributed by atoms with Gasteiger partial charge in [0.15, 0.2) is 5.60 Å². The Morgan fingerprint density at radius 3 is 2.50 bits per heavy atom. The summed E-state index contributed by atoms with van der Waals surface area (Å²) in [7, 11) is 1.54. The first-order valence-electron chi connectivity index (χ1n) is 4.62. The van der Waals surface area contributed by atoms with E-state index in [1.807, 2.05) is 27.7 Å². The number of carbonyl (C=O) groups is 1. The van der Waals surface area contributed by atoms with E-state index in [1.54, 1.807) is 7.11 Å². The molecule has 0 bridgehead atoms. The second kappa shape index (κ2) is 3.26. The summed E-state index contributed by atoms with van der Waals surface area (Å²) >= 11 is 0. The van der Waals surface area contributed by atoms with Crippen LogP contribution >= 0.6 is 0 Å². The molecule has 1 heterocycles. The lowest BCUT2D eigenvalue weighted by Gasteiger charge is -2.42. The number of cyclic esters (lactones) is 1. The second-order valence-electron chi connectivity index (χ2n) is 4.58. The molecule has 0 aromatic heterocycles. The molecule has 0 aromatic carbocycles. The molecule has 1 aliphatic heterocycles. The molecule has 0 N–H and O–H groups in total. The molecule has 4 heteroatoms. The van der Waals surface area contributed by atoms with Crippen molar-refractivity contribution in [3.63, 3.8) is 0 Å². The minimum absolute atomic E-state index is 0.0504. The normalized spacial score (nSPS) is 28.1. The molecule has 0 saturated heterocycles. The van der Waals surface area contributed by atoms with Crippen LogP contribution in [0.1, 0.15) is 27.7 Å². The van der Waals surface area contributed by atoms with Gasteiger partial charge in [-0.25, -0.2) is 4.99 Å². The molecule has 1 aliphatic rings. The average Bonchev–Trinajstić information content (AvgIpc) is 2.02. The average molecular weight is 199 g/mol. The lowest BCUT2D eigenvalue weighted by molar-refractivity contribution is -0.162. The zero-order chi connectivity index (χ0) is 11.0. The number of hydrogen-bond donors (Lipinski definition) is 0. The summed E-state index contributed by atoms with van der Waals surface area (Å²) in [5.41, 5.74) is -1.00. The summed E-state index contributed by atoms with van der Waals surface area (Å²) < 4.78 is 10.5. The fourth-order valence-corrected chi connectivity index (χ4v) is 1.32. The van der Waals surface area contributed by atoms with E-state index in [-0.39, 0.29) is 17.9 Å². The van der Waals surface area contributed by atoms with Crippen LogP contribution in [0.5, 0.6) is 0 Å². The van der Waals surface area contributed by atoms with Gasteiger partial charge in [0.25, 0.3) is 0 Å². The van der Waals surface area contributed by atoms with Crippen molar-refractivity contribution in [2.45, 2.75) is 33.3 Å². The zero-order valence-corrected chi connectivity index (χ0v) is 9.38. The monoisotopic (exact) mass is 199 g/mol. The Balaban J connectivity index is 3.11. The number of methoxy groups -OCH3 is 1. The summed E-state index contributed by atoms with van der Waals surface area (Å²) in [6.45, 7) is 7.83. The first-order chi connectivity index (χ1) is 6.31. The lowest BCUT2D eigenvalue weighted by atomic mass is 9.77. The molecule has 0 unspecified atom stereocenters. The Labute approximate surface area is 84.3 Å². The van der Waals surface area contributed by atoms with Crippen LogP contribution in [0.15, 0.2) is 4.99 Å². The van der Waals surface area contributed by atoms with Crippen LogP contribution in [0, 0.1) is 5.41 Å². The smallest absolute Gasteiger partial charge is 0.328 e. The van der Waals surface area contributed by atoms with Crippen LogP contribution in [0.2, 0.25) is 0 Å². The minimum atomic E-state index is -0.767. The lowest BCUT2D eigenvalue weighted by Crippen LogP contribution is -2.54. The molecule has 14 heavy (non-hydrogen) atoms. The number of nitrogens with zero attached hydrogens (tertiary/aromatic N) is 1. The predicted molar refractivity (Wildman–Crippen MR) is 53.3 cm³/mol. The molecule has 0 saturated carbocycles. The Kier molecular flexibility index (Phi) is 2.56. The predicted octanol–water partition coefficient (Wildman–Crippen LogP) is 1.39. The third-order valence-corrected chi connectivity index (χ3v) is 2.70. The summed E-state index contributed by atoms with van der Waals surface area (Å²) in [6, 6.07) is 0. The molecule has 0 spiro atoms. The number of carbonyl (C=O) groups excluding carboxylic acids is 1. The Hall–Kier alpha value is -1.06. The fraction of sp³-hybridized carbons (Fsp3) is 0.800. The van der Waals surface area contributed by atoms with Gasteiger partial charge in [0.05, 0.1) is 7.11 Å². The van der Waals surface area contributed by atoms with Crippen molar-refractivity contribution in [3.05, 3.63) is 0 Å². The number of ether oxygens (including phenoxy) is 2. The quantitative estimate of drug-likeness (QED) is 0.554. The van der Waals surface area contributed by atoms with Crippen LogP contribution in [0.25, 0.3) is 0 Å². The third-order valence-electron chi connectivity index (χ3n) is 2.70. The highest BCUT2D eigenvalue weighted by atomic mass is 16.6. The largest absolute Gasteiger partial charge is 0.481 e. The maximum absolute atomic E-state index is 11.2. The van der Waals surface area contributed by atoms with Gasteiger partial charge in [-0.15, -0.1) is 0 Å². The van der Waals surface area contributed by atoms with Crippen molar-refractivity contribution in [3.8, 4) is 0 Å². The van der Waals surface area contributed by atoms with E-state index >= 15 is 0 Å². The standard InChI is InChI=1S/C10H17NO3/c1-9(2,3)10(4)8(13-5)11-6-7(12)14-10/h6H2,1-5H3/t10-/m1/s1. The van der Waals surface area contributed by atoms with Crippen molar-refractivity contribution >= 4 is 11.9 Å². The molecule has 0 aliphatic carbocycles. The fourth-order valence-electron chi connectivity index (χ4n) is 1.32. The first-order valence-corrected chi connectivity index (χ1v) is 4.62. The SMILES string of the molecule is COC1=NCC(=O)O[C@@]1(C)C(C)(C)C. The van der Waals surface area contributed by atoms with Crippen LogP contribution in [-0.2, 0) is 14.3 Å². The minimum Gasteiger partial charge on any atom is -0.481 e. The van der Waals surface area contributed by atoms with Gasteiger partial charge in [-0.05, 0) is 6.92 Å². The van der Waals surface area contributed by atoms with E-state index in [2.05, 4.69) is 4.99 Å². The van der Waals surface area contributed by atoms with Gasteiger partial charge < -0.3 is 9.47 Å². The van der Waals surface area contributed by atoms with Gasteiger partial charge >= 0.3 is 5.97 Å². The summed E-state index contributed by atoms with van der Waals surface area (Å²) in [6.07, 6.45) is 0. The van der Waals surface area contributed by atoms with E-state index in [1.165, 1.54) is 0 Å². The molecule has 80 valence electrons. The summed E-state index contributed by atoms with van der Waals surface area (Å²) in [4.78, 5) is 15.3. The summed E-state index contributed by atoms with van der Waals surface area (Å²) in [5.74, 6) is 0.188. The number of aliphatic imine (C=N–C) groups is 1. The zero-order valence-electron chi connectivity index (χ0n) is 9.38. The molecule has 0 aromatic rings. The van der Waals surface area contributed by atoms with Crippen LogP contribution in [0.3, 0.4) is 0 Å². The highest BCUT2D eigenvalue weighted by molar-refractivity contribution is 5.92. The Morgan fingerprint density at radius 2 is 2.07 bits per heavy atom. The van der Waals surface area contributed by atoms with E-state index in [0.717, 1.165) is 0 Å². The molecule has 0 radical (unpaired) electrons. The van der Waals surface area contributed by atoms with Crippen molar-refractivity contribution in [2.24, 2.45) is 10.4 Å². The van der Waals surface area contributed by atoms with Crippen molar-refractivity contribution < 1.29 is 14.3 Å². The molecular weight excluding hydrogens is 182 g/mol. The van der Waals surface area contributed by atoms with Crippen molar-refractivity contribution in [1.29, 1.82) is 0 Å². The van der Waals surface area contributed by atoms with Gasteiger partial charge in [-0.2, -0.15) is 0 Å². The first kappa shape index (κ1) is 11.0. The Bertz CT molecular complexity index is 278. The van der Waals surface area contributed by atoms with E-state index < -0.39 is 5.60 Å². The third kappa shape index (κ3) is 1.61. The molecule has 4 nitrogen and oxygen atoms in total. The van der Waals surface area contributed by atoms with E-state index in [0.29, 0.717) is 5.90 Å². The second-order valence-corrected chi connectivity index (χ2v) is 4.58. The maximum Gasteiger partial charge on any atom is 0.328 e. The molecular formula is C10H17NO3. The van der Waals surface area contributed by atoms with E-state index in [9.17, 15) is 4.79 Å². The topological polar surface area (TPSA) is 47.9 Å². The molecule has 1 atom stereocenters. The van der Waals surface area contributed by atoms with Gasteiger partial charge in [0.2, 0.25) is 5.90 Å². The van der Waals surface area contributed by atoms with Crippen LogP contribution in [-0.4, -0.2) is 31.1 Å². The van der Waals surface area contributed by atoms with Gasteiger partial charge in [0, 0.05) is 5.41 Å². The van der Waals surface area contributed by atoms with Crippen LogP contribution in [0.4, 0.5) is 0 Å². The van der Waals surface area contributed by atoms with Gasteiger partial charge in [-0.1, -0.05) is 20.8 Å². The Morgan fingerprint density at radius 1 is 1.50 bits per heavy atom. The van der Waals surface area contributed by atoms with E-state index in [4.69, 9.17) is 9.47 Å². The number of hydrogen-bond acceptors (Lipinski definition) is 4. The highest BCUT2D eigenvalue weighted by Crippen LogP contribution is 2.36. The molecule has 0 fully saturated rings. The molecule has 1 rings (SSSR count). The summed E-state index contributed by atoms with van der Waals surface area (Å²) in [5, 5.41) is 0. The number of rotatable bonds is 0. The molecule has 0 amide bonds. The van der Waals surface area contributed by atoms with Crippen molar-refractivity contribution in [1.82, 2.24) is 0 Å². The maximum atomic E-state index is 11.2. The van der Waals surface area contributed by atoms with Crippen LogP contribution < -0.4 is 0 Å². The van der Waals surface area contributed by atoms with Crippen molar-refractivity contribution in [2.75, 3.05) is 13.7 Å². The number of esters is 1.